The first-order valence-electron chi connectivity index (χ1n) is 17.8. The van der Waals surface area contributed by atoms with Crippen LogP contribution < -0.4 is 0 Å². The Hall–Kier alpha value is -0.420. The number of aliphatic hydroxyl groups is 2. The molecule has 46 heavy (non-hydrogen) atoms. The molecule has 0 aromatic rings. The van der Waals surface area contributed by atoms with E-state index in [0.717, 1.165) is 57.8 Å². The van der Waals surface area contributed by atoms with Gasteiger partial charge in [-0.05, 0) is 70.6 Å². The van der Waals surface area contributed by atoms with E-state index in [4.69, 9.17) is 28.2 Å². The molecule has 0 aromatic heterocycles. The second-order valence-electron chi connectivity index (χ2n) is 15.8. The Labute approximate surface area is 277 Å². The van der Waals surface area contributed by atoms with Gasteiger partial charge in [-0.25, -0.2) is 0 Å². The molecule has 0 bridgehead atoms. The first-order chi connectivity index (χ1) is 21.6. The summed E-state index contributed by atoms with van der Waals surface area (Å²) in [5.74, 6) is -3.58. The smallest absolute Gasteiger partial charge is 0.308 e. The van der Waals surface area contributed by atoms with Crippen LogP contribution in [0.15, 0.2) is 0 Å². The molecule has 11 heteroatoms. The van der Waals surface area contributed by atoms with Gasteiger partial charge in [0.05, 0.1) is 56.3 Å². The number of rotatable bonds is 10. The second-order valence-corrected chi connectivity index (χ2v) is 18.2. The van der Waals surface area contributed by atoms with Crippen molar-refractivity contribution in [1.82, 2.24) is 0 Å². The average molecular weight is 673 g/mol. The molecule has 5 aliphatic heterocycles. The predicted molar refractivity (Wildman–Crippen MR) is 174 cm³/mol. The van der Waals surface area contributed by atoms with E-state index < -0.39 is 55.5 Å². The zero-order valence-electron chi connectivity index (χ0n) is 29.6. The maximum absolute atomic E-state index is 11.8. The first kappa shape index (κ1) is 36.9. The number of carboxylic acids is 1. The van der Waals surface area contributed by atoms with Crippen LogP contribution in [-0.4, -0.2) is 93.7 Å². The quantitative estimate of drug-likeness (QED) is 0.236. The number of carbonyl (C=O) groups is 1. The molecule has 0 aliphatic carbocycles. The SMILES string of the molecule is CC[C@@]1([C@@H]2OC(P3O[C@@](O)(CO)[C@H](C)C[C@@H]3C)C[C@@H]2C)CCC([C@]2(C)CC[C@]3(CC[C@@H](C)C([C@@H](C)[C@@H](OC)[C@H](C)C(=O)O)O3)O2)O1. The highest BCUT2D eigenvalue weighted by atomic mass is 31.1. The van der Waals surface area contributed by atoms with Gasteiger partial charge in [-0.15, -0.1) is 0 Å². The van der Waals surface area contributed by atoms with Crippen LogP contribution in [0, 0.1) is 29.6 Å². The summed E-state index contributed by atoms with van der Waals surface area (Å²) in [4.78, 5) is 11.8. The maximum Gasteiger partial charge on any atom is 0.308 e. The molecule has 1 spiro atoms. The van der Waals surface area contributed by atoms with Crippen LogP contribution in [0.3, 0.4) is 0 Å². The molecule has 0 radical (unpaired) electrons. The Morgan fingerprint density at radius 1 is 1.02 bits per heavy atom. The first-order valence-corrected chi connectivity index (χ1v) is 19.2. The van der Waals surface area contributed by atoms with Crippen LogP contribution in [0.1, 0.15) is 113 Å². The minimum atomic E-state index is -1.51. The molecule has 0 aromatic carbocycles. The van der Waals surface area contributed by atoms with Gasteiger partial charge >= 0.3 is 5.97 Å². The maximum atomic E-state index is 11.8. The summed E-state index contributed by atoms with van der Waals surface area (Å²) < 4.78 is 39.8. The summed E-state index contributed by atoms with van der Waals surface area (Å²) in [7, 11) is 0.494. The van der Waals surface area contributed by atoms with Crippen molar-refractivity contribution in [2.75, 3.05) is 13.7 Å². The fourth-order valence-corrected chi connectivity index (χ4v) is 12.3. The number of hydrogen-bond donors (Lipinski definition) is 3. The van der Waals surface area contributed by atoms with Crippen molar-refractivity contribution in [3.8, 4) is 0 Å². The Balaban J connectivity index is 1.27. The van der Waals surface area contributed by atoms with Gasteiger partial charge in [-0.1, -0.05) is 41.5 Å². The highest BCUT2D eigenvalue weighted by Gasteiger charge is 2.61. The third kappa shape index (κ3) is 6.58. The zero-order valence-corrected chi connectivity index (χ0v) is 30.5. The molecule has 0 saturated carbocycles. The number of hydrogen-bond acceptors (Lipinski definition) is 9. The van der Waals surface area contributed by atoms with Gasteiger partial charge in [0.25, 0.3) is 0 Å². The van der Waals surface area contributed by atoms with Gasteiger partial charge < -0.3 is 43.5 Å². The normalized spacial score (nSPS) is 50.1. The van der Waals surface area contributed by atoms with Gasteiger partial charge in [-0.3, -0.25) is 4.79 Å². The van der Waals surface area contributed by atoms with Crippen molar-refractivity contribution < 1.29 is 48.3 Å². The molecular weight excluding hydrogens is 611 g/mol. The summed E-state index contributed by atoms with van der Waals surface area (Å²) >= 11 is 0. The van der Waals surface area contributed by atoms with Crippen molar-refractivity contribution in [2.45, 2.75) is 172 Å². The summed E-state index contributed by atoms with van der Waals surface area (Å²) in [6.45, 7) is 16.2. The summed E-state index contributed by atoms with van der Waals surface area (Å²) in [5, 5.41) is 30.6. The lowest BCUT2D eigenvalue weighted by Gasteiger charge is -2.47. The van der Waals surface area contributed by atoms with E-state index in [9.17, 15) is 20.1 Å². The Kier molecular flexibility index (Phi) is 11.0. The van der Waals surface area contributed by atoms with Crippen LogP contribution >= 0.6 is 8.15 Å². The fraction of sp³-hybridized carbons (Fsp3) is 0.971. The molecule has 0 amide bonds. The lowest BCUT2D eigenvalue weighted by molar-refractivity contribution is -0.321. The largest absolute Gasteiger partial charge is 0.481 e. The van der Waals surface area contributed by atoms with Crippen LogP contribution in [0.5, 0.6) is 0 Å². The molecule has 5 fully saturated rings. The number of methoxy groups -OCH3 is 1. The third-order valence-corrected chi connectivity index (χ3v) is 15.1. The van der Waals surface area contributed by atoms with Gasteiger partial charge in [0.2, 0.25) is 0 Å². The van der Waals surface area contributed by atoms with Crippen molar-refractivity contribution in [2.24, 2.45) is 29.6 Å². The molecule has 5 aliphatic rings. The summed E-state index contributed by atoms with van der Waals surface area (Å²) in [6, 6.07) is 0. The van der Waals surface area contributed by atoms with Gasteiger partial charge in [0, 0.05) is 37.4 Å². The number of aliphatic carboxylic acids is 1. The Morgan fingerprint density at radius 2 is 1.74 bits per heavy atom. The molecule has 5 rings (SSSR count). The number of aliphatic hydroxyl groups excluding tert-OH is 1. The van der Waals surface area contributed by atoms with Gasteiger partial charge in [-0.2, -0.15) is 0 Å². The van der Waals surface area contributed by atoms with Crippen molar-refractivity contribution in [1.29, 1.82) is 0 Å². The molecule has 10 nitrogen and oxygen atoms in total. The molecule has 266 valence electrons. The van der Waals surface area contributed by atoms with E-state index in [2.05, 4.69) is 34.6 Å². The average Bonchev–Trinajstić information content (AvgIpc) is 3.73. The molecule has 5 heterocycles. The van der Waals surface area contributed by atoms with Crippen LogP contribution in [0.25, 0.3) is 0 Å². The molecule has 5 saturated heterocycles. The molecule has 4 unspecified atom stereocenters. The Morgan fingerprint density at radius 3 is 2.37 bits per heavy atom. The third-order valence-electron chi connectivity index (χ3n) is 12.6. The lowest BCUT2D eigenvalue weighted by Crippen LogP contribution is -2.53. The zero-order chi connectivity index (χ0) is 33.8. The molecule has 16 atom stereocenters. The topological polar surface area (TPSA) is 133 Å². The van der Waals surface area contributed by atoms with E-state index in [0.29, 0.717) is 0 Å². The van der Waals surface area contributed by atoms with Crippen LogP contribution in [-0.2, 0) is 33.0 Å². The second kappa shape index (κ2) is 13.7. The predicted octanol–water partition coefficient (Wildman–Crippen LogP) is 6.04. The van der Waals surface area contributed by atoms with E-state index in [-0.39, 0.29) is 53.5 Å². The standard InChI is InChI=1S/C35H61O10P/c1-10-33(30-21(3)17-27(41-30)46-23(5)18-22(4)35(39,19-36)45-46)13-12-26(42-33)32(8)15-16-34(44-32)14-11-20(2)28(43-34)24(6)29(40-9)25(7)31(37)38/h20-30,36,39H,10-19H2,1-9H3,(H,37,38)/t20-,21+,22-,23+,24-,25+,26?,27?,28?,29-,30-,32+,33+,34+,35+,46?/m1/s1. The minimum Gasteiger partial charge on any atom is -0.481 e. The van der Waals surface area contributed by atoms with E-state index in [1.807, 2.05) is 13.8 Å². The molecule has 3 N–H and O–H groups in total. The lowest BCUT2D eigenvalue weighted by atomic mass is 9.79. The highest BCUT2D eigenvalue weighted by Crippen LogP contribution is 2.63. The Bertz CT molecular complexity index is 1080. The number of ether oxygens (including phenoxy) is 5. The highest BCUT2D eigenvalue weighted by molar-refractivity contribution is 7.54. The van der Waals surface area contributed by atoms with Crippen molar-refractivity contribution >= 4 is 14.1 Å². The van der Waals surface area contributed by atoms with E-state index in [1.165, 1.54) is 0 Å². The summed E-state index contributed by atoms with van der Waals surface area (Å²) in [6.07, 6.45) is 6.73. The summed E-state index contributed by atoms with van der Waals surface area (Å²) in [5.41, 5.74) is -0.686. The van der Waals surface area contributed by atoms with Crippen LogP contribution in [0.4, 0.5) is 0 Å². The number of carboxylic acid groups (broad SMARTS) is 1. The van der Waals surface area contributed by atoms with Gasteiger partial charge in [0.1, 0.15) is 5.85 Å². The minimum absolute atomic E-state index is 0.0921. The van der Waals surface area contributed by atoms with Gasteiger partial charge in [0.15, 0.2) is 11.6 Å². The van der Waals surface area contributed by atoms with E-state index in [1.54, 1.807) is 14.0 Å². The van der Waals surface area contributed by atoms with Crippen LogP contribution in [0.2, 0.25) is 0 Å². The monoisotopic (exact) mass is 672 g/mol. The van der Waals surface area contributed by atoms with Crippen molar-refractivity contribution in [3.05, 3.63) is 0 Å². The fourth-order valence-electron chi connectivity index (χ4n) is 9.49. The molecular formula is C35H61O10P. The van der Waals surface area contributed by atoms with E-state index >= 15 is 0 Å². The van der Waals surface area contributed by atoms with Crippen molar-refractivity contribution in [3.63, 3.8) is 0 Å².